The van der Waals surface area contributed by atoms with Gasteiger partial charge in [-0.1, -0.05) is 18.2 Å². The van der Waals surface area contributed by atoms with E-state index in [4.69, 9.17) is 9.47 Å². The van der Waals surface area contributed by atoms with Gasteiger partial charge in [0, 0.05) is 11.1 Å². The molecular weight excluding hydrogens is 318 g/mol. The Kier molecular flexibility index (Phi) is 3.65. The lowest BCUT2D eigenvalue weighted by Gasteiger charge is -2.17. The smallest absolute Gasteiger partial charge is 0.274 e. The fourth-order valence-electron chi connectivity index (χ4n) is 2.96. The van der Waals surface area contributed by atoms with Gasteiger partial charge in [0.05, 0.1) is 12.8 Å². The van der Waals surface area contributed by atoms with Gasteiger partial charge in [0.2, 0.25) is 0 Å². The highest BCUT2D eigenvalue weighted by Gasteiger charge is 2.26. The second kappa shape index (κ2) is 5.98. The van der Waals surface area contributed by atoms with E-state index in [1.165, 1.54) is 0 Å². The molecule has 1 aromatic heterocycles. The number of H-pyrrole nitrogens is 1. The van der Waals surface area contributed by atoms with E-state index in [2.05, 4.69) is 15.5 Å². The lowest BCUT2D eigenvalue weighted by Crippen LogP contribution is -2.17. The first-order chi connectivity index (χ1) is 12.2. The van der Waals surface area contributed by atoms with E-state index in [0.29, 0.717) is 23.7 Å². The summed E-state index contributed by atoms with van der Waals surface area (Å²) >= 11 is 0. The van der Waals surface area contributed by atoms with Crippen LogP contribution in [0.5, 0.6) is 11.5 Å². The highest BCUT2D eigenvalue weighted by atomic mass is 16.5. The van der Waals surface area contributed by atoms with Crippen LogP contribution in [0.1, 0.15) is 21.6 Å². The SMILES string of the molecule is COc1ccc(C)cc1NC(=O)c1[nH]nc2c1COc1ccccc1-2. The number of nitrogens with zero attached hydrogens (tertiary/aromatic N) is 1. The largest absolute Gasteiger partial charge is 0.495 e. The molecule has 2 heterocycles. The van der Waals surface area contributed by atoms with Crippen molar-refractivity contribution >= 4 is 11.6 Å². The molecular formula is C19H17N3O3. The summed E-state index contributed by atoms with van der Waals surface area (Å²) in [5, 5.41) is 10.1. The highest BCUT2D eigenvalue weighted by molar-refractivity contribution is 6.05. The molecule has 2 aromatic carbocycles. The lowest BCUT2D eigenvalue weighted by atomic mass is 10.0. The molecule has 4 rings (SSSR count). The van der Waals surface area contributed by atoms with E-state index < -0.39 is 0 Å². The van der Waals surface area contributed by atoms with Crippen molar-refractivity contribution in [2.45, 2.75) is 13.5 Å². The molecule has 0 atom stereocenters. The van der Waals surface area contributed by atoms with Gasteiger partial charge in [-0.25, -0.2) is 0 Å². The molecule has 0 spiro atoms. The first-order valence-electron chi connectivity index (χ1n) is 7.93. The Morgan fingerprint density at radius 1 is 1.28 bits per heavy atom. The molecule has 0 bridgehead atoms. The number of methoxy groups -OCH3 is 1. The van der Waals surface area contributed by atoms with Crippen LogP contribution in [0.15, 0.2) is 42.5 Å². The van der Waals surface area contributed by atoms with Gasteiger partial charge in [-0.2, -0.15) is 5.10 Å². The minimum absolute atomic E-state index is 0.277. The Morgan fingerprint density at radius 3 is 2.96 bits per heavy atom. The van der Waals surface area contributed by atoms with Gasteiger partial charge in [-0.15, -0.1) is 0 Å². The van der Waals surface area contributed by atoms with E-state index in [-0.39, 0.29) is 5.91 Å². The minimum Gasteiger partial charge on any atom is -0.495 e. The highest BCUT2D eigenvalue weighted by Crippen LogP contribution is 2.37. The third-order valence-corrected chi connectivity index (χ3v) is 4.21. The van der Waals surface area contributed by atoms with Gasteiger partial charge in [-0.05, 0) is 36.8 Å². The molecule has 2 N–H and O–H groups in total. The maximum Gasteiger partial charge on any atom is 0.274 e. The monoisotopic (exact) mass is 335 g/mol. The average Bonchev–Trinajstić information content (AvgIpc) is 3.06. The Balaban J connectivity index is 1.68. The topological polar surface area (TPSA) is 76.2 Å². The van der Waals surface area contributed by atoms with Gasteiger partial charge in [-0.3, -0.25) is 9.89 Å². The normalized spacial score (nSPS) is 11.9. The summed E-state index contributed by atoms with van der Waals surface area (Å²) in [7, 11) is 1.57. The van der Waals surface area contributed by atoms with Crippen LogP contribution < -0.4 is 14.8 Å². The second-order valence-electron chi connectivity index (χ2n) is 5.87. The molecule has 0 radical (unpaired) electrons. The molecule has 6 nitrogen and oxygen atoms in total. The summed E-state index contributed by atoms with van der Waals surface area (Å²) in [5.74, 6) is 1.10. The van der Waals surface area contributed by atoms with Crippen LogP contribution in [0.2, 0.25) is 0 Å². The molecule has 0 saturated carbocycles. The number of para-hydroxylation sites is 1. The average molecular weight is 335 g/mol. The van der Waals surface area contributed by atoms with E-state index in [1.807, 2.05) is 49.4 Å². The van der Waals surface area contributed by atoms with Crippen LogP contribution >= 0.6 is 0 Å². The molecule has 1 aliphatic heterocycles. The molecule has 3 aromatic rings. The maximum absolute atomic E-state index is 12.7. The summed E-state index contributed by atoms with van der Waals surface area (Å²) in [6.07, 6.45) is 0. The van der Waals surface area contributed by atoms with Crippen molar-refractivity contribution in [1.29, 1.82) is 0 Å². The number of hydrogen-bond acceptors (Lipinski definition) is 4. The zero-order chi connectivity index (χ0) is 17.4. The number of benzene rings is 2. The molecule has 25 heavy (non-hydrogen) atoms. The Hall–Kier alpha value is -3.28. The number of aryl methyl sites for hydroxylation is 1. The summed E-state index contributed by atoms with van der Waals surface area (Å²) in [6, 6.07) is 13.3. The Bertz CT molecular complexity index is 962. The van der Waals surface area contributed by atoms with Crippen LogP contribution in [0.25, 0.3) is 11.3 Å². The van der Waals surface area contributed by atoms with E-state index >= 15 is 0 Å². The van der Waals surface area contributed by atoms with Gasteiger partial charge in [0.25, 0.3) is 5.91 Å². The van der Waals surface area contributed by atoms with Crippen molar-refractivity contribution in [3.63, 3.8) is 0 Å². The van der Waals surface area contributed by atoms with E-state index in [1.54, 1.807) is 7.11 Å². The van der Waals surface area contributed by atoms with Crippen molar-refractivity contribution in [2.75, 3.05) is 12.4 Å². The first kappa shape index (κ1) is 15.3. The lowest BCUT2D eigenvalue weighted by molar-refractivity contribution is 0.101. The number of aromatic nitrogens is 2. The second-order valence-corrected chi connectivity index (χ2v) is 5.87. The van der Waals surface area contributed by atoms with Crippen molar-refractivity contribution in [3.05, 3.63) is 59.3 Å². The fraction of sp³-hybridized carbons (Fsp3) is 0.158. The van der Waals surface area contributed by atoms with Crippen LogP contribution in [-0.2, 0) is 6.61 Å². The molecule has 1 aliphatic rings. The number of ether oxygens (including phenoxy) is 2. The van der Waals surface area contributed by atoms with Crippen molar-refractivity contribution in [3.8, 4) is 22.8 Å². The van der Waals surface area contributed by atoms with E-state index in [0.717, 1.165) is 28.1 Å². The van der Waals surface area contributed by atoms with Gasteiger partial charge < -0.3 is 14.8 Å². The number of fused-ring (bicyclic) bond motifs is 3. The number of anilines is 1. The zero-order valence-electron chi connectivity index (χ0n) is 13.9. The van der Waals surface area contributed by atoms with E-state index in [9.17, 15) is 4.79 Å². The predicted octanol–water partition coefficient (Wildman–Crippen LogP) is 3.54. The quantitative estimate of drug-likeness (QED) is 0.767. The molecule has 126 valence electrons. The summed E-state index contributed by atoms with van der Waals surface area (Å²) in [4.78, 5) is 12.7. The van der Waals surface area contributed by atoms with Crippen LogP contribution in [0, 0.1) is 6.92 Å². The maximum atomic E-state index is 12.7. The molecule has 0 aliphatic carbocycles. The minimum atomic E-state index is -0.277. The number of nitrogens with one attached hydrogen (secondary N) is 2. The van der Waals surface area contributed by atoms with Crippen molar-refractivity contribution in [1.82, 2.24) is 10.2 Å². The Labute approximate surface area is 144 Å². The number of carbonyl (C=O) groups excluding carboxylic acids is 1. The summed E-state index contributed by atoms with van der Waals surface area (Å²) < 4.78 is 11.1. The van der Waals surface area contributed by atoms with Crippen molar-refractivity contribution < 1.29 is 14.3 Å². The van der Waals surface area contributed by atoms with Gasteiger partial charge in [0.15, 0.2) is 0 Å². The third kappa shape index (κ3) is 2.61. The standard InChI is InChI=1S/C19H17N3O3/c1-11-7-8-16(24-2)14(9-11)20-19(23)18-13-10-25-15-6-4-3-5-12(15)17(13)21-22-18/h3-9H,10H2,1-2H3,(H,20,23)(H,21,22). The van der Waals surface area contributed by atoms with Crippen LogP contribution in [-0.4, -0.2) is 23.2 Å². The number of amides is 1. The van der Waals surface area contributed by atoms with Crippen LogP contribution in [0.4, 0.5) is 5.69 Å². The van der Waals surface area contributed by atoms with Crippen molar-refractivity contribution in [2.24, 2.45) is 0 Å². The van der Waals surface area contributed by atoms with Gasteiger partial charge in [0.1, 0.15) is 29.5 Å². The molecule has 0 unspecified atom stereocenters. The molecule has 0 fully saturated rings. The molecule has 1 amide bonds. The third-order valence-electron chi connectivity index (χ3n) is 4.21. The molecule has 0 saturated heterocycles. The summed E-state index contributed by atoms with van der Waals surface area (Å²) in [5.41, 5.74) is 4.43. The van der Waals surface area contributed by atoms with Gasteiger partial charge >= 0.3 is 0 Å². The number of aromatic amines is 1. The fourth-order valence-corrected chi connectivity index (χ4v) is 2.96. The molecule has 6 heteroatoms. The first-order valence-corrected chi connectivity index (χ1v) is 7.93. The number of carbonyl (C=O) groups is 1. The van der Waals surface area contributed by atoms with Crippen LogP contribution in [0.3, 0.4) is 0 Å². The summed E-state index contributed by atoms with van der Waals surface area (Å²) in [6.45, 7) is 2.26. The number of rotatable bonds is 3. The number of hydrogen-bond donors (Lipinski definition) is 2. The zero-order valence-corrected chi connectivity index (χ0v) is 13.9. The Morgan fingerprint density at radius 2 is 2.12 bits per heavy atom. The predicted molar refractivity (Wildman–Crippen MR) is 94.0 cm³/mol.